The highest BCUT2D eigenvalue weighted by atomic mass is 16.5. The zero-order chi connectivity index (χ0) is 15.2. The monoisotopic (exact) mass is 290 g/mol. The highest BCUT2D eigenvalue weighted by Crippen LogP contribution is 2.20. The fraction of sp³-hybridized carbons (Fsp3) is 0.667. The first-order valence-electron chi connectivity index (χ1n) is 8.24. The van der Waals surface area contributed by atoms with E-state index in [2.05, 4.69) is 55.3 Å². The Morgan fingerprint density at radius 1 is 1.29 bits per heavy atom. The lowest BCUT2D eigenvalue weighted by Gasteiger charge is -2.42. The van der Waals surface area contributed by atoms with Gasteiger partial charge in [0.1, 0.15) is 5.75 Å². The summed E-state index contributed by atoms with van der Waals surface area (Å²) in [6.07, 6.45) is 2.52. The van der Waals surface area contributed by atoms with Crippen LogP contribution in [-0.2, 0) is 6.54 Å². The minimum atomic E-state index is 0.608. The molecule has 0 radical (unpaired) electrons. The summed E-state index contributed by atoms with van der Waals surface area (Å²) < 4.78 is 5.24. The molecule has 1 heterocycles. The molecule has 0 amide bonds. The molecule has 0 saturated carbocycles. The second-order valence-corrected chi connectivity index (χ2v) is 6.48. The van der Waals surface area contributed by atoms with E-state index in [1.54, 1.807) is 7.11 Å². The van der Waals surface area contributed by atoms with Crippen molar-refractivity contribution in [3.8, 4) is 5.75 Å². The zero-order valence-electron chi connectivity index (χ0n) is 13.9. The molecule has 1 saturated heterocycles. The summed E-state index contributed by atoms with van der Waals surface area (Å²) in [6.45, 7) is 10.2. The molecular formula is C18H30N2O. The van der Waals surface area contributed by atoms with Crippen molar-refractivity contribution in [1.29, 1.82) is 0 Å². The SMILES string of the molecule is CCCC1CNC(C(C)C)CN1Cc1ccc(OC)cc1. The van der Waals surface area contributed by atoms with E-state index in [-0.39, 0.29) is 0 Å². The maximum Gasteiger partial charge on any atom is 0.118 e. The predicted molar refractivity (Wildman–Crippen MR) is 88.7 cm³/mol. The van der Waals surface area contributed by atoms with E-state index < -0.39 is 0 Å². The summed E-state index contributed by atoms with van der Waals surface area (Å²) >= 11 is 0. The lowest BCUT2D eigenvalue weighted by atomic mass is 9.97. The van der Waals surface area contributed by atoms with Crippen LogP contribution in [-0.4, -0.2) is 37.2 Å². The minimum absolute atomic E-state index is 0.608. The quantitative estimate of drug-likeness (QED) is 0.870. The van der Waals surface area contributed by atoms with Crippen molar-refractivity contribution in [3.63, 3.8) is 0 Å². The fourth-order valence-corrected chi connectivity index (χ4v) is 3.11. The number of rotatable bonds is 6. The number of methoxy groups -OCH3 is 1. The predicted octanol–water partition coefficient (Wildman–Crippen LogP) is 3.29. The molecule has 2 rings (SSSR count). The van der Waals surface area contributed by atoms with Crippen molar-refractivity contribution >= 4 is 0 Å². The van der Waals surface area contributed by atoms with Gasteiger partial charge < -0.3 is 10.1 Å². The molecule has 2 unspecified atom stereocenters. The molecule has 1 aromatic rings. The molecule has 0 spiro atoms. The Hall–Kier alpha value is -1.06. The normalized spacial score (nSPS) is 23.5. The molecular weight excluding hydrogens is 260 g/mol. The first kappa shape index (κ1) is 16.3. The number of nitrogens with zero attached hydrogens (tertiary/aromatic N) is 1. The van der Waals surface area contributed by atoms with Gasteiger partial charge in [-0.3, -0.25) is 4.90 Å². The Morgan fingerprint density at radius 3 is 2.57 bits per heavy atom. The van der Waals surface area contributed by atoms with Crippen molar-refractivity contribution in [2.24, 2.45) is 5.92 Å². The summed E-state index contributed by atoms with van der Waals surface area (Å²) in [4.78, 5) is 2.66. The summed E-state index contributed by atoms with van der Waals surface area (Å²) in [6, 6.07) is 9.77. The van der Waals surface area contributed by atoms with Gasteiger partial charge in [0.15, 0.2) is 0 Å². The Morgan fingerprint density at radius 2 is 2.00 bits per heavy atom. The lowest BCUT2D eigenvalue weighted by Crippen LogP contribution is -2.57. The topological polar surface area (TPSA) is 24.5 Å². The third-order valence-electron chi connectivity index (χ3n) is 4.53. The van der Waals surface area contributed by atoms with E-state index in [0.29, 0.717) is 18.0 Å². The molecule has 2 atom stereocenters. The van der Waals surface area contributed by atoms with E-state index in [1.165, 1.54) is 18.4 Å². The zero-order valence-corrected chi connectivity index (χ0v) is 13.9. The second kappa shape index (κ2) is 7.81. The Labute approximate surface area is 129 Å². The number of piperazine rings is 1. The summed E-state index contributed by atoms with van der Waals surface area (Å²) in [5.41, 5.74) is 1.38. The van der Waals surface area contributed by atoms with Crippen molar-refractivity contribution in [3.05, 3.63) is 29.8 Å². The summed E-state index contributed by atoms with van der Waals surface area (Å²) in [7, 11) is 1.72. The standard InChI is InChI=1S/C18H30N2O/c1-5-6-16-11-19-18(14(2)3)13-20(16)12-15-7-9-17(21-4)10-8-15/h7-10,14,16,18-19H,5-6,11-13H2,1-4H3. The van der Waals surface area contributed by atoms with E-state index in [1.807, 2.05) is 0 Å². The molecule has 118 valence electrons. The summed E-state index contributed by atoms with van der Waals surface area (Å²) in [5.74, 6) is 1.62. The largest absolute Gasteiger partial charge is 0.497 e. The Kier molecular flexibility index (Phi) is 6.07. The van der Waals surface area contributed by atoms with Gasteiger partial charge in [-0.1, -0.05) is 39.3 Å². The smallest absolute Gasteiger partial charge is 0.118 e. The minimum Gasteiger partial charge on any atom is -0.497 e. The highest BCUT2D eigenvalue weighted by molar-refractivity contribution is 5.27. The van der Waals surface area contributed by atoms with Crippen LogP contribution in [0.2, 0.25) is 0 Å². The molecule has 0 aliphatic carbocycles. The van der Waals surface area contributed by atoms with Crippen molar-refractivity contribution < 1.29 is 4.74 Å². The van der Waals surface area contributed by atoms with Crippen molar-refractivity contribution in [2.45, 2.75) is 52.2 Å². The molecule has 0 bridgehead atoms. The number of ether oxygens (including phenoxy) is 1. The van der Waals surface area contributed by atoms with Crippen LogP contribution in [0.3, 0.4) is 0 Å². The van der Waals surface area contributed by atoms with Gasteiger partial charge in [-0.25, -0.2) is 0 Å². The number of benzene rings is 1. The molecule has 1 aliphatic heterocycles. The van der Waals surface area contributed by atoms with Crippen LogP contribution in [0.25, 0.3) is 0 Å². The van der Waals surface area contributed by atoms with E-state index in [0.717, 1.165) is 25.4 Å². The fourth-order valence-electron chi connectivity index (χ4n) is 3.11. The van der Waals surface area contributed by atoms with Crippen LogP contribution < -0.4 is 10.1 Å². The number of hydrogen-bond acceptors (Lipinski definition) is 3. The van der Waals surface area contributed by atoms with Gasteiger partial charge in [0.05, 0.1) is 7.11 Å². The first-order chi connectivity index (χ1) is 10.1. The van der Waals surface area contributed by atoms with Gasteiger partial charge in [-0.2, -0.15) is 0 Å². The van der Waals surface area contributed by atoms with Crippen LogP contribution in [0.5, 0.6) is 5.75 Å². The third-order valence-corrected chi connectivity index (χ3v) is 4.53. The molecule has 1 aromatic carbocycles. The maximum atomic E-state index is 5.24. The second-order valence-electron chi connectivity index (χ2n) is 6.48. The van der Waals surface area contributed by atoms with E-state index in [4.69, 9.17) is 4.74 Å². The van der Waals surface area contributed by atoms with Crippen LogP contribution in [0.15, 0.2) is 24.3 Å². The van der Waals surface area contributed by atoms with Crippen LogP contribution in [0.1, 0.15) is 39.2 Å². The van der Waals surface area contributed by atoms with Gasteiger partial charge in [0, 0.05) is 31.7 Å². The van der Waals surface area contributed by atoms with E-state index in [9.17, 15) is 0 Å². The molecule has 21 heavy (non-hydrogen) atoms. The molecule has 3 nitrogen and oxygen atoms in total. The molecule has 1 N–H and O–H groups in total. The van der Waals surface area contributed by atoms with Gasteiger partial charge in [0.2, 0.25) is 0 Å². The van der Waals surface area contributed by atoms with Crippen molar-refractivity contribution in [1.82, 2.24) is 10.2 Å². The average molecular weight is 290 g/mol. The summed E-state index contributed by atoms with van der Waals surface area (Å²) in [5, 5.41) is 3.73. The average Bonchev–Trinajstić information content (AvgIpc) is 2.50. The van der Waals surface area contributed by atoms with Crippen LogP contribution in [0.4, 0.5) is 0 Å². The molecule has 3 heteroatoms. The van der Waals surface area contributed by atoms with Gasteiger partial charge in [-0.05, 0) is 30.0 Å². The lowest BCUT2D eigenvalue weighted by molar-refractivity contribution is 0.0997. The highest BCUT2D eigenvalue weighted by Gasteiger charge is 2.28. The third kappa shape index (κ3) is 4.45. The van der Waals surface area contributed by atoms with Gasteiger partial charge in [-0.15, -0.1) is 0 Å². The molecule has 1 fully saturated rings. The number of nitrogens with one attached hydrogen (secondary N) is 1. The maximum absolute atomic E-state index is 5.24. The van der Waals surface area contributed by atoms with Crippen LogP contribution >= 0.6 is 0 Å². The van der Waals surface area contributed by atoms with E-state index >= 15 is 0 Å². The van der Waals surface area contributed by atoms with Gasteiger partial charge in [0.25, 0.3) is 0 Å². The van der Waals surface area contributed by atoms with Gasteiger partial charge >= 0.3 is 0 Å². The van der Waals surface area contributed by atoms with Crippen molar-refractivity contribution in [2.75, 3.05) is 20.2 Å². The first-order valence-corrected chi connectivity index (χ1v) is 8.24. The van der Waals surface area contributed by atoms with Crippen LogP contribution in [0, 0.1) is 5.92 Å². The molecule has 1 aliphatic rings. The Balaban J connectivity index is 2.03. The molecule has 0 aromatic heterocycles. The Bertz CT molecular complexity index is 416. The number of hydrogen-bond donors (Lipinski definition) is 1.